The summed E-state index contributed by atoms with van der Waals surface area (Å²) in [6.07, 6.45) is 1.87. The Morgan fingerprint density at radius 2 is 1.91 bits per heavy atom. The van der Waals surface area contributed by atoms with Crippen molar-refractivity contribution >= 4 is 17.8 Å². The van der Waals surface area contributed by atoms with E-state index in [0.717, 1.165) is 35.1 Å². The SMILES string of the molecule is CCN1CCSC1=C=Cc1c(C(C)(C)C)[nH]n(C(C)(C)C)c1=O. The normalized spacial score (nSPS) is 16.0. The summed E-state index contributed by atoms with van der Waals surface area (Å²) >= 11 is 1.81. The molecule has 0 bridgehead atoms. The van der Waals surface area contributed by atoms with Crippen molar-refractivity contribution in [2.24, 2.45) is 0 Å². The minimum Gasteiger partial charge on any atom is -0.359 e. The van der Waals surface area contributed by atoms with Gasteiger partial charge >= 0.3 is 0 Å². The molecule has 2 rings (SSSR count). The number of thioether (sulfide) groups is 1. The van der Waals surface area contributed by atoms with Crippen LogP contribution in [0.1, 0.15) is 59.7 Å². The molecule has 0 amide bonds. The first kappa shape index (κ1) is 18.0. The molecule has 1 saturated heterocycles. The van der Waals surface area contributed by atoms with E-state index in [4.69, 9.17) is 0 Å². The van der Waals surface area contributed by atoms with Gasteiger partial charge in [-0.1, -0.05) is 38.3 Å². The molecule has 128 valence electrons. The molecule has 4 nitrogen and oxygen atoms in total. The van der Waals surface area contributed by atoms with Crippen molar-refractivity contribution in [1.82, 2.24) is 14.7 Å². The molecule has 1 aromatic heterocycles. The van der Waals surface area contributed by atoms with E-state index < -0.39 is 0 Å². The van der Waals surface area contributed by atoms with Crippen molar-refractivity contribution in [3.63, 3.8) is 0 Å². The molecule has 0 unspecified atom stereocenters. The maximum Gasteiger partial charge on any atom is 0.275 e. The quantitative estimate of drug-likeness (QED) is 0.837. The standard InChI is InChI=1S/C18H29N3OS/c1-8-20-11-12-23-14(20)10-9-13-15(17(2,3)4)19-21(16(13)22)18(5,6)7/h9,19H,8,11-12H2,1-7H3. The number of nitrogens with one attached hydrogen (secondary N) is 1. The summed E-state index contributed by atoms with van der Waals surface area (Å²) in [5.41, 5.74) is 4.69. The summed E-state index contributed by atoms with van der Waals surface area (Å²) < 4.78 is 1.73. The minimum absolute atomic E-state index is 0.0292. The summed E-state index contributed by atoms with van der Waals surface area (Å²) in [7, 11) is 0. The zero-order chi connectivity index (χ0) is 17.4. The highest BCUT2D eigenvalue weighted by Gasteiger charge is 2.27. The van der Waals surface area contributed by atoms with Gasteiger partial charge in [-0.15, -0.1) is 0 Å². The Morgan fingerprint density at radius 1 is 1.26 bits per heavy atom. The summed E-state index contributed by atoms with van der Waals surface area (Å²) in [4.78, 5) is 15.2. The van der Waals surface area contributed by atoms with Gasteiger partial charge in [0.1, 0.15) is 5.03 Å². The Balaban J connectivity index is 2.60. The van der Waals surface area contributed by atoms with Crippen molar-refractivity contribution in [2.45, 2.75) is 59.4 Å². The first-order valence-electron chi connectivity index (χ1n) is 8.26. The van der Waals surface area contributed by atoms with E-state index in [1.807, 2.05) is 38.6 Å². The number of H-pyrrole nitrogens is 1. The van der Waals surface area contributed by atoms with Gasteiger partial charge in [0.05, 0.1) is 16.8 Å². The van der Waals surface area contributed by atoms with Gasteiger partial charge < -0.3 is 4.90 Å². The van der Waals surface area contributed by atoms with Gasteiger partial charge in [0, 0.05) is 24.3 Å². The van der Waals surface area contributed by atoms with Gasteiger partial charge in [-0.25, -0.2) is 4.68 Å². The van der Waals surface area contributed by atoms with E-state index in [0.29, 0.717) is 0 Å². The summed E-state index contributed by atoms with van der Waals surface area (Å²) in [5.74, 6) is 1.09. The Morgan fingerprint density at radius 3 is 2.43 bits per heavy atom. The second kappa shape index (κ2) is 6.29. The Hall–Kier alpha value is -1.32. The third-order valence-electron chi connectivity index (χ3n) is 3.96. The molecule has 0 aromatic carbocycles. The predicted octanol–water partition coefficient (Wildman–Crippen LogP) is 3.75. The molecule has 1 N–H and O–H groups in total. The first-order chi connectivity index (χ1) is 10.6. The van der Waals surface area contributed by atoms with Gasteiger partial charge in [-0.05, 0) is 33.8 Å². The van der Waals surface area contributed by atoms with Crippen LogP contribution in [0.25, 0.3) is 6.08 Å². The van der Waals surface area contributed by atoms with Gasteiger partial charge in [0.25, 0.3) is 5.56 Å². The number of rotatable bonds is 2. The molecule has 5 heteroatoms. The average molecular weight is 336 g/mol. The van der Waals surface area contributed by atoms with Crippen LogP contribution >= 0.6 is 11.8 Å². The predicted molar refractivity (Wildman–Crippen MR) is 99.9 cm³/mol. The van der Waals surface area contributed by atoms with Crippen molar-refractivity contribution < 1.29 is 0 Å². The van der Waals surface area contributed by atoms with E-state index >= 15 is 0 Å². The van der Waals surface area contributed by atoms with Crippen molar-refractivity contribution in [3.05, 3.63) is 32.4 Å². The minimum atomic E-state index is -0.270. The molecule has 23 heavy (non-hydrogen) atoms. The monoisotopic (exact) mass is 335 g/mol. The van der Waals surface area contributed by atoms with E-state index in [9.17, 15) is 4.79 Å². The molecule has 1 fully saturated rings. The van der Waals surface area contributed by atoms with Crippen molar-refractivity contribution in [1.29, 1.82) is 0 Å². The van der Waals surface area contributed by atoms with Crippen LogP contribution in [-0.2, 0) is 11.0 Å². The Kier molecular flexibility index (Phi) is 4.93. The number of nitrogens with zero attached hydrogens (tertiary/aromatic N) is 2. The lowest BCUT2D eigenvalue weighted by Gasteiger charge is -2.21. The average Bonchev–Trinajstić information content (AvgIpc) is 2.98. The van der Waals surface area contributed by atoms with E-state index in [2.05, 4.69) is 43.4 Å². The molecule has 0 aliphatic carbocycles. The topological polar surface area (TPSA) is 41.0 Å². The number of hydrogen-bond donors (Lipinski definition) is 1. The fourth-order valence-corrected chi connectivity index (χ4v) is 3.69. The lowest BCUT2D eigenvalue weighted by molar-refractivity contribution is 0.339. The second-order valence-electron chi connectivity index (χ2n) is 7.98. The van der Waals surface area contributed by atoms with E-state index in [-0.39, 0.29) is 16.5 Å². The Bertz CT molecular complexity index is 691. The van der Waals surface area contributed by atoms with Crippen LogP contribution < -0.4 is 5.56 Å². The fourth-order valence-electron chi connectivity index (χ4n) is 2.64. The number of aromatic amines is 1. The lowest BCUT2D eigenvalue weighted by atomic mass is 9.89. The highest BCUT2D eigenvalue weighted by molar-refractivity contribution is 8.03. The van der Waals surface area contributed by atoms with Crippen LogP contribution in [0.3, 0.4) is 0 Å². The van der Waals surface area contributed by atoms with Crippen LogP contribution in [0.4, 0.5) is 0 Å². The number of aromatic nitrogens is 2. The third-order valence-corrected chi connectivity index (χ3v) is 4.99. The zero-order valence-corrected chi connectivity index (χ0v) is 16.2. The highest BCUT2D eigenvalue weighted by atomic mass is 32.2. The van der Waals surface area contributed by atoms with Crippen LogP contribution in [0.5, 0.6) is 0 Å². The number of hydrogen-bond acceptors (Lipinski definition) is 3. The third kappa shape index (κ3) is 3.78. The van der Waals surface area contributed by atoms with Gasteiger partial charge in [-0.2, -0.15) is 0 Å². The second-order valence-corrected chi connectivity index (χ2v) is 9.07. The van der Waals surface area contributed by atoms with E-state index in [1.165, 1.54) is 0 Å². The molecule has 1 aromatic rings. The molecule has 0 spiro atoms. The highest BCUT2D eigenvalue weighted by Crippen LogP contribution is 2.28. The van der Waals surface area contributed by atoms with Gasteiger partial charge in [0.2, 0.25) is 0 Å². The van der Waals surface area contributed by atoms with Crippen LogP contribution in [-0.4, -0.2) is 33.5 Å². The van der Waals surface area contributed by atoms with Gasteiger partial charge in [0.15, 0.2) is 0 Å². The van der Waals surface area contributed by atoms with Crippen LogP contribution in [0, 0.1) is 0 Å². The lowest BCUT2D eigenvalue weighted by Crippen LogP contribution is -2.33. The maximum absolute atomic E-state index is 12.9. The van der Waals surface area contributed by atoms with Crippen LogP contribution in [0.15, 0.2) is 15.6 Å². The fraction of sp³-hybridized carbons (Fsp3) is 0.667. The smallest absolute Gasteiger partial charge is 0.275 e. The summed E-state index contributed by atoms with van der Waals surface area (Å²) in [6.45, 7) is 16.7. The summed E-state index contributed by atoms with van der Waals surface area (Å²) in [6, 6.07) is 0. The zero-order valence-electron chi connectivity index (χ0n) is 15.4. The molecule has 0 atom stereocenters. The Labute approximate surface area is 143 Å². The molecular formula is C18H29N3OS. The molecule has 0 saturated carbocycles. The van der Waals surface area contributed by atoms with Crippen LogP contribution in [0.2, 0.25) is 0 Å². The molecule has 1 aliphatic rings. The van der Waals surface area contributed by atoms with Gasteiger partial charge in [-0.3, -0.25) is 9.89 Å². The first-order valence-corrected chi connectivity index (χ1v) is 9.24. The largest absolute Gasteiger partial charge is 0.359 e. The molecule has 2 heterocycles. The molecule has 0 radical (unpaired) electrons. The molecule has 1 aliphatic heterocycles. The van der Waals surface area contributed by atoms with Crippen molar-refractivity contribution in [3.8, 4) is 0 Å². The summed E-state index contributed by atoms with van der Waals surface area (Å²) in [5, 5.41) is 4.47. The van der Waals surface area contributed by atoms with E-state index in [1.54, 1.807) is 4.68 Å². The molecular weight excluding hydrogens is 306 g/mol. The van der Waals surface area contributed by atoms with Crippen molar-refractivity contribution in [2.75, 3.05) is 18.8 Å². The maximum atomic E-state index is 12.9.